The Morgan fingerprint density at radius 1 is 1.15 bits per heavy atom. The largest absolute Gasteiger partial charge is 0.484 e. The van der Waals surface area contributed by atoms with Gasteiger partial charge in [0.05, 0.1) is 0 Å². The Morgan fingerprint density at radius 2 is 1.85 bits per heavy atom. The number of benzene rings is 2. The van der Waals surface area contributed by atoms with Crippen LogP contribution in [0.3, 0.4) is 0 Å². The topological polar surface area (TPSA) is 84.7 Å². The summed E-state index contributed by atoms with van der Waals surface area (Å²) in [6.45, 7) is 1.02. The maximum Gasteiger partial charge on any atom is 0.258 e. The van der Waals surface area contributed by atoms with E-state index in [1.165, 1.54) is 0 Å². The Labute approximate surface area is 165 Å². The van der Waals surface area contributed by atoms with Gasteiger partial charge in [0.25, 0.3) is 5.91 Å². The Kier molecular flexibility index (Phi) is 7.64. The second kappa shape index (κ2) is 9.94. The van der Waals surface area contributed by atoms with Crippen molar-refractivity contribution in [1.82, 2.24) is 5.32 Å². The Hall–Kier alpha value is -2.57. The quantitative estimate of drug-likeness (QED) is 0.761. The standard InChI is InChI=1S/C20H23N3O3.ClH/c21-18(15-5-2-1-3-6-15)13-22-19(24)14-26-17-10-8-16(9-11-17)23-12-4-7-20(23)25;/h1-3,5-6,8-11,18H,4,7,12-14,21H2,(H,22,24);1H. The summed E-state index contributed by atoms with van der Waals surface area (Å²) in [5.41, 5.74) is 7.88. The molecule has 1 saturated heterocycles. The van der Waals surface area contributed by atoms with Crippen LogP contribution in [0.4, 0.5) is 5.69 Å². The number of nitrogens with zero attached hydrogens (tertiary/aromatic N) is 1. The van der Waals surface area contributed by atoms with Crippen LogP contribution in [0, 0.1) is 0 Å². The highest BCUT2D eigenvalue weighted by Gasteiger charge is 2.21. The van der Waals surface area contributed by atoms with Crippen LogP contribution in [0.1, 0.15) is 24.4 Å². The fraction of sp³-hybridized carbons (Fsp3) is 0.300. The van der Waals surface area contributed by atoms with E-state index in [0.29, 0.717) is 18.7 Å². The van der Waals surface area contributed by atoms with E-state index >= 15 is 0 Å². The molecule has 1 atom stereocenters. The fourth-order valence-electron chi connectivity index (χ4n) is 2.89. The van der Waals surface area contributed by atoms with Crippen molar-refractivity contribution in [2.75, 3.05) is 24.6 Å². The molecule has 144 valence electrons. The van der Waals surface area contributed by atoms with Crippen LogP contribution in [0.2, 0.25) is 0 Å². The molecule has 0 aliphatic carbocycles. The zero-order valence-electron chi connectivity index (χ0n) is 15.0. The van der Waals surface area contributed by atoms with E-state index in [1.54, 1.807) is 17.0 Å². The lowest BCUT2D eigenvalue weighted by Crippen LogP contribution is -2.35. The fourth-order valence-corrected chi connectivity index (χ4v) is 2.89. The van der Waals surface area contributed by atoms with Crippen LogP contribution in [0.5, 0.6) is 5.75 Å². The maximum atomic E-state index is 11.9. The molecule has 2 aromatic rings. The lowest BCUT2D eigenvalue weighted by molar-refractivity contribution is -0.123. The highest BCUT2D eigenvalue weighted by molar-refractivity contribution is 5.95. The summed E-state index contributed by atoms with van der Waals surface area (Å²) in [6, 6.07) is 16.6. The Bertz CT molecular complexity index is 753. The summed E-state index contributed by atoms with van der Waals surface area (Å²) in [5.74, 6) is 0.505. The van der Waals surface area contributed by atoms with E-state index < -0.39 is 0 Å². The minimum atomic E-state index is -0.252. The normalized spacial score (nSPS) is 14.4. The third-order valence-electron chi connectivity index (χ3n) is 4.34. The minimum Gasteiger partial charge on any atom is -0.484 e. The minimum absolute atomic E-state index is 0. The van der Waals surface area contributed by atoms with Crippen molar-refractivity contribution in [1.29, 1.82) is 0 Å². The Morgan fingerprint density at radius 3 is 2.48 bits per heavy atom. The Balaban J connectivity index is 0.00000261. The van der Waals surface area contributed by atoms with Crippen LogP contribution in [-0.2, 0) is 9.59 Å². The first-order chi connectivity index (χ1) is 12.6. The van der Waals surface area contributed by atoms with Gasteiger partial charge in [-0.25, -0.2) is 0 Å². The van der Waals surface area contributed by atoms with Crippen molar-refractivity contribution in [2.45, 2.75) is 18.9 Å². The molecule has 1 unspecified atom stereocenters. The van der Waals surface area contributed by atoms with Crippen LogP contribution in [0.25, 0.3) is 0 Å². The van der Waals surface area contributed by atoms with E-state index in [2.05, 4.69) is 5.32 Å². The van der Waals surface area contributed by atoms with Crippen molar-refractivity contribution >= 4 is 29.9 Å². The molecule has 2 amide bonds. The summed E-state index contributed by atoms with van der Waals surface area (Å²) in [7, 11) is 0. The molecule has 3 rings (SSSR count). The monoisotopic (exact) mass is 389 g/mol. The van der Waals surface area contributed by atoms with Crippen molar-refractivity contribution < 1.29 is 14.3 Å². The molecule has 2 aromatic carbocycles. The first kappa shape index (κ1) is 20.7. The molecule has 1 aliphatic rings. The van der Waals surface area contributed by atoms with Gasteiger partial charge in [-0.1, -0.05) is 30.3 Å². The summed E-state index contributed by atoms with van der Waals surface area (Å²) < 4.78 is 5.49. The number of hydrogen-bond donors (Lipinski definition) is 2. The first-order valence-corrected chi connectivity index (χ1v) is 8.74. The van der Waals surface area contributed by atoms with E-state index in [-0.39, 0.29) is 36.9 Å². The van der Waals surface area contributed by atoms with Gasteiger partial charge in [0, 0.05) is 31.2 Å². The third-order valence-corrected chi connectivity index (χ3v) is 4.34. The molecule has 0 bridgehead atoms. The highest BCUT2D eigenvalue weighted by atomic mass is 35.5. The van der Waals surface area contributed by atoms with Gasteiger partial charge < -0.3 is 20.7 Å². The molecule has 6 nitrogen and oxygen atoms in total. The van der Waals surface area contributed by atoms with Gasteiger partial charge in [0.1, 0.15) is 5.75 Å². The van der Waals surface area contributed by atoms with E-state index in [9.17, 15) is 9.59 Å². The van der Waals surface area contributed by atoms with Crippen molar-refractivity contribution in [2.24, 2.45) is 5.73 Å². The lowest BCUT2D eigenvalue weighted by atomic mass is 10.1. The average molecular weight is 390 g/mol. The summed E-state index contributed by atoms with van der Waals surface area (Å²) in [5, 5.41) is 2.77. The van der Waals surface area contributed by atoms with Gasteiger partial charge in [-0.05, 0) is 36.2 Å². The number of halogens is 1. The number of carbonyl (C=O) groups is 2. The van der Waals surface area contributed by atoms with Crippen molar-refractivity contribution in [3.63, 3.8) is 0 Å². The molecule has 0 saturated carbocycles. The van der Waals surface area contributed by atoms with Gasteiger partial charge in [-0.2, -0.15) is 0 Å². The molecule has 0 radical (unpaired) electrons. The molecule has 0 spiro atoms. The number of carbonyl (C=O) groups excluding carboxylic acids is 2. The van der Waals surface area contributed by atoms with E-state index in [1.807, 2.05) is 42.5 Å². The molecular weight excluding hydrogens is 366 g/mol. The van der Waals surface area contributed by atoms with E-state index in [0.717, 1.165) is 24.2 Å². The van der Waals surface area contributed by atoms with Crippen molar-refractivity contribution in [3.8, 4) is 5.75 Å². The van der Waals surface area contributed by atoms with Gasteiger partial charge >= 0.3 is 0 Å². The smallest absolute Gasteiger partial charge is 0.258 e. The SMILES string of the molecule is Cl.NC(CNC(=O)COc1ccc(N2CCCC2=O)cc1)c1ccccc1. The third kappa shape index (κ3) is 5.70. The lowest BCUT2D eigenvalue weighted by Gasteiger charge is -2.16. The predicted molar refractivity (Wildman–Crippen MR) is 107 cm³/mol. The van der Waals surface area contributed by atoms with Gasteiger partial charge in [0.15, 0.2) is 6.61 Å². The summed E-state index contributed by atoms with van der Waals surface area (Å²) >= 11 is 0. The molecule has 7 heteroatoms. The first-order valence-electron chi connectivity index (χ1n) is 8.74. The highest BCUT2D eigenvalue weighted by Crippen LogP contribution is 2.23. The number of ether oxygens (including phenoxy) is 1. The predicted octanol–water partition coefficient (Wildman–Crippen LogP) is 2.43. The van der Waals surface area contributed by atoms with Crippen LogP contribution >= 0.6 is 12.4 Å². The molecule has 1 fully saturated rings. The molecule has 0 aromatic heterocycles. The van der Waals surface area contributed by atoms with Gasteiger partial charge in [-0.15, -0.1) is 12.4 Å². The maximum absolute atomic E-state index is 11.9. The van der Waals surface area contributed by atoms with Crippen LogP contribution in [-0.4, -0.2) is 31.5 Å². The zero-order valence-corrected chi connectivity index (χ0v) is 15.8. The molecular formula is C20H24ClN3O3. The number of amides is 2. The number of anilines is 1. The van der Waals surface area contributed by atoms with Crippen LogP contribution < -0.4 is 20.7 Å². The molecule has 1 heterocycles. The van der Waals surface area contributed by atoms with Crippen molar-refractivity contribution in [3.05, 3.63) is 60.2 Å². The summed E-state index contributed by atoms with van der Waals surface area (Å²) in [6.07, 6.45) is 1.49. The number of rotatable bonds is 7. The number of nitrogens with one attached hydrogen (secondary N) is 1. The second-order valence-electron chi connectivity index (χ2n) is 6.25. The second-order valence-corrected chi connectivity index (χ2v) is 6.25. The van der Waals surface area contributed by atoms with Crippen LogP contribution in [0.15, 0.2) is 54.6 Å². The number of hydrogen-bond acceptors (Lipinski definition) is 4. The van der Waals surface area contributed by atoms with Gasteiger partial charge in [0.2, 0.25) is 5.91 Å². The number of nitrogens with two attached hydrogens (primary N) is 1. The zero-order chi connectivity index (χ0) is 18.4. The molecule has 3 N–H and O–H groups in total. The summed E-state index contributed by atoms with van der Waals surface area (Å²) in [4.78, 5) is 25.4. The van der Waals surface area contributed by atoms with Gasteiger partial charge in [-0.3, -0.25) is 9.59 Å². The molecule has 27 heavy (non-hydrogen) atoms. The molecule has 1 aliphatic heterocycles. The average Bonchev–Trinajstić information content (AvgIpc) is 3.11. The van der Waals surface area contributed by atoms with E-state index in [4.69, 9.17) is 10.5 Å².